The van der Waals surface area contributed by atoms with Gasteiger partial charge in [0.1, 0.15) is 10.9 Å². The molecule has 8 heteroatoms. The maximum atomic E-state index is 12.8. The molecule has 2 bridgehead atoms. The third-order valence-electron chi connectivity index (χ3n) is 4.71. The third kappa shape index (κ3) is 2.23. The zero-order valence-corrected chi connectivity index (χ0v) is 12.8. The van der Waals surface area contributed by atoms with Gasteiger partial charge in [-0.3, -0.25) is 0 Å². The fourth-order valence-corrected chi connectivity index (χ4v) is 5.87. The Labute approximate surface area is 131 Å². The number of hydrogen-bond acceptors (Lipinski definition) is 3. The van der Waals surface area contributed by atoms with E-state index in [0.717, 1.165) is 12.1 Å². The van der Waals surface area contributed by atoms with Crippen LogP contribution in [-0.2, 0) is 27.5 Å². The van der Waals surface area contributed by atoms with E-state index < -0.39 is 32.6 Å². The molecule has 3 atom stereocenters. The van der Waals surface area contributed by atoms with Crippen LogP contribution in [0.1, 0.15) is 17.5 Å². The number of alkyl halides is 3. The highest BCUT2D eigenvalue weighted by atomic mass is 32.2. The van der Waals surface area contributed by atoms with E-state index in [1.807, 2.05) is 6.08 Å². The van der Waals surface area contributed by atoms with Gasteiger partial charge in [-0.1, -0.05) is 30.4 Å². The summed E-state index contributed by atoms with van der Waals surface area (Å²) in [6.45, 7) is 0.0790. The smallest absolute Gasteiger partial charge is 0.361 e. The Kier molecular flexibility index (Phi) is 3.02. The van der Waals surface area contributed by atoms with E-state index in [0.29, 0.717) is 12.0 Å². The molecule has 0 amide bonds. The van der Waals surface area contributed by atoms with Gasteiger partial charge in [-0.15, -0.1) is 0 Å². The van der Waals surface area contributed by atoms with Crippen molar-refractivity contribution in [1.29, 1.82) is 0 Å². The first-order valence-corrected chi connectivity index (χ1v) is 8.73. The topological polar surface area (TPSA) is 46.6 Å². The molecule has 0 radical (unpaired) electrons. The minimum atomic E-state index is -4.44. The van der Waals surface area contributed by atoms with Crippen molar-refractivity contribution < 1.29 is 26.3 Å². The molecule has 0 aromatic heterocycles. The SMILES string of the molecule is O=S1(=O)[C@H]2C[C@@H]3C=C[C@@]2(CN1Cc1cccc(C(F)(F)F)c1)O3. The molecule has 4 rings (SSSR count). The number of nitrogens with zero attached hydrogens (tertiary/aromatic N) is 1. The van der Waals surface area contributed by atoms with Crippen molar-refractivity contribution in [2.75, 3.05) is 6.54 Å². The lowest BCUT2D eigenvalue weighted by atomic mass is 9.94. The maximum Gasteiger partial charge on any atom is 0.416 e. The first-order valence-electron chi connectivity index (χ1n) is 7.23. The van der Waals surface area contributed by atoms with E-state index in [4.69, 9.17) is 4.74 Å². The molecule has 0 saturated carbocycles. The summed E-state index contributed by atoms with van der Waals surface area (Å²) < 4.78 is 70.6. The Morgan fingerprint density at radius 2 is 2.13 bits per heavy atom. The molecular formula is C15H14F3NO3S. The van der Waals surface area contributed by atoms with Crippen molar-refractivity contribution in [3.8, 4) is 0 Å². The molecule has 0 aliphatic carbocycles. The van der Waals surface area contributed by atoms with Gasteiger partial charge in [0.25, 0.3) is 0 Å². The van der Waals surface area contributed by atoms with Gasteiger partial charge in [0, 0.05) is 13.1 Å². The third-order valence-corrected chi connectivity index (χ3v) is 7.00. The van der Waals surface area contributed by atoms with Crippen LogP contribution in [0.25, 0.3) is 0 Å². The highest BCUT2D eigenvalue weighted by Gasteiger charge is 2.63. The molecule has 23 heavy (non-hydrogen) atoms. The monoisotopic (exact) mass is 345 g/mol. The molecule has 0 unspecified atom stereocenters. The molecule has 1 aromatic rings. The number of fused-ring (bicyclic) bond motifs is 1. The summed E-state index contributed by atoms with van der Waals surface area (Å²) >= 11 is 0. The summed E-state index contributed by atoms with van der Waals surface area (Å²) in [5.41, 5.74) is -1.29. The van der Waals surface area contributed by atoms with Crippen molar-refractivity contribution in [3.63, 3.8) is 0 Å². The molecule has 2 fully saturated rings. The predicted octanol–water partition coefficient (Wildman–Crippen LogP) is 2.32. The van der Waals surface area contributed by atoms with Crippen LogP contribution in [0.3, 0.4) is 0 Å². The summed E-state index contributed by atoms with van der Waals surface area (Å²) in [6.07, 6.45) is -0.544. The van der Waals surface area contributed by atoms with E-state index in [1.165, 1.54) is 16.4 Å². The summed E-state index contributed by atoms with van der Waals surface area (Å²) in [7, 11) is -3.58. The van der Waals surface area contributed by atoms with Gasteiger partial charge in [-0.25, -0.2) is 8.42 Å². The highest BCUT2D eigenvalue weighted by molar-refractivity contribution is 7.90. The molecule has 124 valence electrons. The van der Waals surface area contributed by atoms with Crippen molar-refractivity contribution in [2.45, 2.75) is 36.1 Å². The van der Waals surface area contributed by atoms with Gasteiger partial charge in [-0.2, -0.15) is 17.5 Å². The lowest BCUT2D eigenvalue weighted by Gasteiger charge is -2.19. The van der Waals surface area contributed by atoms with Crippen LogP contribution >= 0.6 is 0 Å². The van der Waals surface area contributed by atoms with Crippen LogP contribution in [-0.4, -0.2) is 36.2 Å². The van der Waals surface area contributed by atoms with Gasteiger partial charge in [0.15, 0.2) is 0 Å². The molecule has 2 saturated heterocycles. The number of ether oxygens (including phenoxy) is 1. The normalized spacial score (nSPS) is 34.9. The second-order valence-corrected chi connectivity index (χ2v) is 8.32. The van der Waals surface area contributed by atoms with E-state index >= 15 is 0 Å². The predicted molar refractivity (Wildman–Crippen MR) is 75.9 cm³/mol. The number of hydrogen-bond donors (Lipinski definition) is 0. The molecule has 0 N–H and O–H groups in total. The minimum Gasteiger partial charge on any atom is -0.361 e. The van der Waals surface area contributed by atoms with E-state index in [9.17, 15) is 21.6 Å². The second-order valence-electron chi connectivity index (χ2n) is 6.21. The highest BCUT2D eigenvalue weighted by Crippen LogP contribution is 2.48. The average molecular weight is 345 g/mol. The van der Waals surface area contributed by atoms with Gasteiger partial charge >= 0.3 is 6.18 Å². The molecule has 1 aromatic carbocycles. The lowest BCUT2D eigenvalue weighted by Crippen LogP contribution is -2.36. The summed E-state index contributed by atoms with van der Waals surface area (Å²) in [6, 6.07) is 4.77. The summed E-state index contributed by atoms with van der Waals surface area (Å²) in [5, 5.41) is -0.629. The lowest BCUT2D eigenvalue weighted by molar-refractivity contribution is -0.137. The Morgan fingerprint density at radius 1 is 1.35 bits per heavy atom. The Bertz CT molecular complexity index is 789. The Balaban J connectivity index is 1.62. The van der Waals surface area contributed by atoms with Crippen molar-refractivity contribution >= 4 is 10.0 Å². The van der Waals surface area contributed by atoms with Gasteiger partial charge < -0.3 is 4.74 Å². The number of sulfonamides is 1. The average Bonchev–Trinajstić information content (AvgIpc) is 3.09. The van der Waals surface area contributed by atoms with Crippen molar-refractivity contribution in [1.82, 2.24) is 4.31 Å². The molecule has 3 aliphatic heterocycles. The zero-order chi connectivity index (χ0) is 16.5. The quantitative estimate of drug-likeness (QED) is 0.773. The first-order chi connectivity index (χ1) is 10.7. The maximum absolute atomic E-state index is 12.8. The van der Waals surface area contributed by atoms with Gasteiger partial charge in [0.2, 0.25) is 10.0 Å². The molecule has 3 heterocycles. The van der Waals surface area contributed by atoms with Crippen molar-refractivity contribution in [3.05, 3.63) is 47.5 Å². The van der Waals surface area contributed by atoms with E-state index in [-0.39, 0.29) is 19.2 Å². The Hall–Kier alpha value is -1.38. The van der Waals surface area contributed by atoms with Crippen LogP contribution in [0, 0.1) is 0 Å². The van der Waals surface area contributed by atoms with Crippen LogP contribution in [0.15, 0.2) is 36.4 Å². The van der Waals surface area contributed by atoms with Crippen LogP contribution in [0.5, 0.6) is 0 Å². The standard InChI is InChI=1S/C15H14F3NO3S/c16-15(17,18)11-3-1-2-10(6-11)8-19-9-14-5-4-12(22-14)7-13(14)23(19,20)21/h1-6,12-13H,7-9H2/t12-,13-,14-/m0/s1. The minimum absolute atomic E-state index is 0.0770. The zero-order valence-electron chi connectivity index (χ0n) is 12.0. The number of rotatable bonds is 2. The van der Waals surface area contributed by atoms with Crippen LogP contribution < -0.4 is 0 Å². The largest absolute Gasteiger partial charge is 0.416 e. The van der Waals surface area contributed by atoms with Crippen LogP contribution in [0.2, 0.25) is 0 Å². The van der Waals surface area contributed by atoms with E-state index in [1.54, 1.807) is 6.08 Å². The van der Waals surface area contributed by atoms with Crippen LogP contribution in [0.4, 0.5) is 13.2 Å². The van der Waals surface area contributed by atoms with E-state index in [2.05, 4.69) is 0 Å². The fraction of sp³-hybridized carbons (Fsp3) is 0.467. The van der Waals surface area contributed by atoms with Crippen molar-refractivity contribution in [2.24, 2.45) is 0 Å². The first kappa shape index (κ1) is 15.2. The molecular weight excluding hydrogens is 331 g/mol. The Morgan fingerprint density at radius 3 is 2.78 bits per heavy atom. The molecule has 1 spiro atoms. The summed E-state index contributed by atoms with van der Waals surface area (Å²) in [4.78, 5) is 0. The van der Waals surface area contributed by atoms with Gasteiger partial charge in [0.05, 0.1) is 11.7 Å². The van der Waals surface area contributed by atoms with Gasteiger partial charge in [-0.05, 0) is 18.1 Å². The summed E-state index contributed by atoms with van der Waals surface area (Å²) in [5.74, 6) is 0. The molecule has 4 nitrogen and oxygen atoms in total. The molecule has 3 aliphatic rings. The fourth-order valence-electron chi connectivity index (χ4n) is 3.66. The number of halogens is 3. The second kappa shape index (κ2) is 4.58. The number of benzene rings is 1.